The molecule has 2 aliphatic rings. The van der Waals surface area contributed by atoms with E-state index in [-0.39, 0.29) is 30.6 Å². The van der Waals surface area contributed by atoms with Gasteiger partial charge in [0.2, 0.25) is 0 Å². The van der Waals surface area contributed by atoms with Crippen LogP contribution in [0.2, 0.25) is 5.02 Å². The predicted octanol–water partition coefficient (Wildman–Crippen LogP) is 6.06. The highest BCUT2D eigenvalue weighted by Gasteiger charge is 2.49. The van der Waals surface area contributed by atoms with Crippen molar-refractivity contribution >= 4 is 23.5 Å². The Hall–Kier alpha value is -2.61. The Labute approximate surface area is 236 Å². The fourth-order valence-electron chi connectivity index (χ4n) is 5.84. The molecule has 2 heterocycles. The summed E-state index contributed by atoms with van der Waals surface area (Å²) in [6, 6.07) is 12.7. The van der Waals surface area contributed by atoms with E-state index < -0.39 is 23.7 Å². The van der Waals surface area contributed by atoms with Crippen molar-refractivity contribution in [1.29, 1.82) is 0 Å². The molecule has 0 bridgehead atoms. The zero-order valence-electron chi connectivity index (χ0n) is 23.3. The number of carboxylic acids is 1. The molecule has 39 heavy (non-hydrogen) atoms. The SMILES string of the molecule is C[C@@H]1CC[C@@H]2[C@@H](O1)c1cc(C(=O)N(CCc3ccc(Cl)cc3)CC(=O)O)ccc1O[C@]2(C)CCCC(C)(C)O. The molecule has 8 heteroatoms. The molecule has 2 aromatic carbocycles. The number of carboxylic acid groups (broad SMARTS) is 1. The highest BCUT2D eigenvalue weighted by molar-refractivity contribution is 6.30. The molecule has 1 amide bonds. The summed E-state index contributed by atoms with van der Waals surface area (Å²) < 4.78 is 13.1. The second kappa shape index (κ2) is 11.9. The first-order chi connectivity index (χ1) is 18.3. The first kappa shape index (κ1) is 29.4. The van der Waals surface area contributed by atoms with Gasteiger partial charge in [0.1, 0.15) is 17.9 Å². The van der Waals surface area contributed by atoms with Gasteiger partial charge in [0.05, 0.1) is 17.8 Å². The maximum absolute atomic E-state index is 13.6. The molecule has 1 saturated heterocycles. The summed E-state index contributed by atoms with van der Waals surface area (Å²) in [5, 5.41) is 20.3. The zero-order valence-corrected chi connectivity index (χ0v) is 24.0. The predicted molar refractivity (Wildman–Crippen MR) is 150 cm³/mol. The smallest absolute Gasteiger partial charge is 0.323 e. The highest BCUT2D eigenvalue weighted by atomic mass is 35.5. The Balaban J connectivity index is 1.57. The summed E-state index contributed by atoms with van der Waals surface area (Å²) in [5.74, 6) is -0.604. The van der Waals surface area contributed by atoms with Crippen LogP contribution in [0.15, 0.2) is 42.5 Å². The van der Waals surface area contributed by atoms with Gasteiger partial charge in [0, 0.05) is 28.6 Å². The second-order valence-corrected chi connectivity index (χ2v) is 12.3. The van der Waals surface area contributed by atoms with Crippen molar-refractivity contribution in [1.82, 2.24) is 4.90 Å². The van der Waals surface area contributed by atoms with Crippen LogP contribution in [0.1, 0.15) is 87.4 Å². The lowest BCUT2D eigenvalue weighted by molar-refractivity contribution is -0.153. The Morgan fingerprint density at radius 1 is 1.15 bits per heavy atom. The van der Waals surface area contributed by atoms with Gasteiger partial charge in [0.15, 0.2) is 0 Å². The molecule has 4 rings (SSSR count). The maximum Gasteiger partial charge on any atom is 0.323 e. The minimum Gasteiger partial charge on any atom is -0.487 e. The lowest BCUT2D eigenvalue weighted by Gasteiger charge is -2.50. The van der Waals surface area contributed by atoms with Gasteiger partial charge in [-0.15, -0.1) is 0 Å². The van der Waals surface area contributed by atoms with Gasteiger partial charge in [0.25, 0.3) is 5.91 Å². The number of halogens is 1. The largest absolute Gasteiger partial charge is 0.487 e. The molecule has 212 valence electrons. The summed E-state index contributed by atoms with van der Waals surface area (Å²) >= 11 is 5.98. The van der Waals surface area contributed by atoms with Gasteiger partial charge in [-0.2, -0.15) is 0 Å². The normalized spacial score (nSPS) is 24.3. The fraction of sp³-hybridized carbons (Fsp3) is 0.548. The Bertz CT molecular complexity index is 1180. The molecule has 0 aromatic heterocycles. The van der Waals surface area contributed by atoms with Crippen LogP contribution in [0, 0.1) is 5.92 Å². The zero-order chi connectivity index (χ0) is 28.4. The number of aliphatic carboxylic acids is 1. The minimum absolute atomic E-state index is 0.0834. The average molecular weight is 558 g/mol. The number of amides is 1. The van der Waals surface area contributed by atoms with E-state index in [1.54, 1.807) is 18.2 Å². The topological polar surface area (TPSA) is 96.3 Å². The van der Waals surface area contributed by atoms with Crippen molar-refractivity contribution in [2.24, 2.45) is 5.92 Å². The number of nitrogens with zero attached hydrogens (tertiary/aromatic N) is 1. The number of benzene rings is 2. The second-order valence-electron chi connectivity index (χ2n) is 11.9. The summed E-state index contributed by atoms with van der Waals surface area (Å²) in [7, 11) is 0. The van der Waals surface area contributed by atoms with Crippen LogP contribution in [-0.4, -0.2) is 57.4 Å². The van der Waals surface area contributed by atoms with E-state index in [2.05, 4.69) is 13.8 Å². The van der Waals surface area contributed by atoms with Gasteiger partial charge in [-0.05, 0) is 102 Å². The first-order valence-corrected chi connectivity index (χ1v) is 14.2. The van der Waals surface area contributed by atoms with Crippen LogP contribution >= 0.6 is 11.6 Å². The molecule has 2 aromatic rings. The van der Waals surface area contributed by atoms with E-state index in [9.17, 15) is 19.8 Å². The number of rotatable bonds is 10. The summed E-state index contributed by atoms with van der Waals surface area (Å²) in [5.41, 5.74) is 1.04. The summed E-state index contributed by atoms with van der Waals surface area (Å²) in [6.45, 7) is 7.71. The van der Waals surface area contributed by atoms with E-state index in [1.807, 2.05) is 38.1 Å². The number of fused-ring (bicyclic) bond motifs is 3. The molecule has 4 atom stereocenters. The van der Waals surface area contributed by atoms with E-state index in [1.165, 1.54) is 4.90 Å². The van der Waals surface area contributed by atoms with Crippen molar-refractivity contribution < 1.29 is 29.3 Å². The number of aliphatic hydroxyl groups is 1. The highest BCUT2D eigenvalue weighted by Crippen LogP contribution is 2.52. The quantitative estimate of drug-likeness (QED) is 0.369. The molecule has 0 unspecified atom stereocenters. The molecule has 0 radical (unpaired) electrons. The van der Waals surface area contributed by atoms with Crippen molar-refractivity contribution in [3.8, 4) is 5.75 Å². The van der Waals surface area contributed by atoms with E-state index >= 15 is 0 Å². The van der Waals surface area contributed by atoms with Crippen molar-refractivity contribution in [3.05, 3.63) is 64.2 Å². The van der Waals surface area contributed by atoms with Crippen LogP contribution in [0.4, 0.5) is 0 Å². The third-order valence-electron chi connectivity index (χ3n) is 7.98. The number of carbonyl (C=O) groups is 2. The Morgan fingerprint density at radius 2 is 1.87 bits per heavy atom. The average Bonchev–Trinajstić information content (AvgIpc) is 2.86. The molecule has 2 N–H and O–H groups in total. The summed E-state index contributed by atoms with van der Waals surface area (Å²) in [6.07, 6.45) is 4.52. The van der Waals surface area contributed by atoms with Crippen LogP contribution < -0.4 is 4.74 Å². The number of hydrogen-bond donors (Lipinski definition) is 2. The van der Waals surface area contributed by atoms with Crippen LogP contribution in [0.5, 0.6) is 5.75 Å². The Morgan fingerprint density at radius 3 is 2.54 bits per heavy atom. The van der Waals surface area contributed by atoms with Crippen LogP contribution in [0.25, 0.3) is 0 Å². The van der Waals surface area contributed by atoms with Gasteiger partial charge < -0.3 is 24.6 Å². The monoisotopic (exact) mass is 557 g/mol. The number of carbonyl (C=O) groups excluding carboxylic acids is 1. The standard InChI is InChI=1S/C31H40ClNO6/c1-20-6-12-25-28(38-20)24-18-22(9-13-26(24)39-31(25,4)16-5-15-30(2,3)37)29(36)33(19-27(34)35)17-14-21-7-10-23(32)11-8-21/h7-11,13,18,20,25,28,37H,5-6,12,14-17,19H2,1-4H3,(H,34,35)/t20-,25-,28+,31-/m1/s1. The van der Waals surface area contributed by atoms with Gasteiger partial charge >= 0.3 is 5.97 Å². The van der Waals surface area contributed by atoms with Crippen LogP contribution in [-0.2, 0) is 16.0 Å². The summed E-state index contributed by atoms with van der Waals surface area (Å²) in [4.78, 5) is 26.5. The van der Waals surface area contributed by atoms with Gasteiger partial charge in [-0.25, -0.2) is 0 Å². The third-order valence-corrected chi connectivity index (χ3v) is 8.23. The van der Waals surface area contributed by atoms with Gasteiger partial charge in [-0.1, -0.05) is 23.7 Å². The van der Waals surface area contributed by atoms with Gasteiger partial charge in [-0.3, -0.25) is 9.59 Å². The van der Waals surface area contributed by atoms with Crippen molar-refractivity contribution in [2.45, 2.75) is 89.6 Å². The molecular formula is C31H40ClNO6. The first-order valence-electron chi connectivity index (χ1n) is 13.8. The lowest BCUT2D eigenvalue weighted by atomic mass is 9.72. The fourth-order valence-corrected chi connectivity index (χ4v) is 5.97. The maximum atomic E-state index is 13.6. The number of hydrogen-bond acceptors (Lipinski definition) is 5. The Kier molecular flexibility index (Phi) is 8.94. The van der Waals surface area contributed by atoms with Crippen molar-refractivity contribution in [3.63, 3.8) is 0 Å². The van der Waals surface area contributed by atoms with Crippen molar-refractivity contribution in [2.75, 3.05) is 13.1 Å². The van der Waals surface area contributed by atoms with Crippen LogP contribution in [0.3, 0.4) is 0 Å². The molecular weight excluding hydrogens is 518 g/mol. The van der Waals surface area contributed by atoms with E-state index in [4.69, 9.17) is 21.1 Å². The van der Waals surface area contributed by atoms with E-state index in [0.717, 1.165) is 36.8 Å². The molecule has 7 nitrogen and oxygen atoms in total. The van der Waals surface area contributed by atoms with E-state index in [0.29, 0.717) is 29.2 Å². The number of ether oxygens (including phenoxy) is 2. The molecule has 0 spiro atoms. The molecule has 1 fully saturated rings. The third kappa shape index (κ3) is 7.33. The minimum atomic E-state index is -1.06. The molecule has 0 saturated carbocycles. The molecule has 0 aliphatic carbocycles. The lowest BCUT2D eigenvalue weighted by Crippen LogP contribution is -2.50. The molecule has 2 aliphatic heterocycles.